The summed E-state index contributed by atoms with van der Waals surface area (Å²) in [6, 6.07) is 14.2. The molecule has 0 bridgehead atoms. The smallest absolute Gasteiger partial charge is 0.272 e. The number of aryl methyl sites for hydroxylation is 2. The summed E-state index contributed by atoms with van der Waals surface area (Å²) in [6.45, 7) is 6.56. The van der Waals surface area contributed by atoms with E-state index < -0.39 is 0 Å². The highest BCUT2D eigenvalue weighted by atomic mass is 16.5. The van der Waals surface area contributed by atoms with Gasteiger partial charge >= 0.3 is 0 Å². The Balaban J connectivity index is 1.42. The lowest BCUT2D eigenvalue weighted by Gasteiger charge is -2.46. The molecule has 2 aliphatic heterocycles. The predicted octanol–water partition coefficient (Wildman–Crippen LogP) is 3.72. The van der Waals surface area contributed by atoms with Gasteiger partial charge in [0.2, 0.25) is 0 Å². The summed E-state index contributed by atoms with van der Waals surface area (Å²) in [4.78, 5) is 23.9. The number of fused-ring (bicyclic) bond motifs is 2. The number of likely N-dealkylation sites (tertiary alicyclic amines) is 1. The van der Waals surface area contributed by atoms with Crippen LogP contribution in [0, 0.1) is 13.8 Å². The standard InChI is InChI=1S/C24H26N4O2/c1-17-6-8-19(9-7-17)21-14-25-22-15-30-16-24(28(21)22)10-12-27(13-11-24)23(29)20-5-3-4-18(2)26-20/h3-9,14H,10-13,15-16H2,1-2H3. The van der Waals surface area contributed by atoms with Crippen LogP contribution in [0.1, 0.15) is 40.4 Å². The van der Waals surface area contributed by atoms with Crippen LogP contribution >= 0.6 is 0 Å². The van der Waals surface area contributed by atoms with E-state index in [1.807, 2.05) is 30.2 Å². The van der Waals surface area contributed by atoms with Crippen molar-refractivity contribution in [1.82, 2.24) is 19.4 Å². The first kappa shape index (κ1) is 19.0. The summed E-state index contributed by atoms with van der Waals surface area (Å²) in [7, 11) is 0. The van der Waals surface area contributed by atoms with E-state index in [1.165, 1.54) is 11.1 Å². The third-order valence-electron chi connectivity index (χ3n) is 6.35. The molecule has 4 heterocycles. The quantitative estimate of drug-likeness (QED) is 0.655. The third kappa shape index (κ3) is 3.21. The summed E-state index contributed by atoms with van der Waals surface area (Å²) >= 11 is 0. The Morgan fingerprint density at radius 1 is 1.07 bits per heavy atom. The maximum absolute atomic E-state index is 13.0. The van der Waals surface area contributed by atoms with Gasteiger partial charge < -0.3 is 14.2 Å². The van der Waals surface area contributed by atoms with Gasteiger partial charge in [0.05, 0.1) is 24.0 Å². The van der Waals surface area contributed by atoms with Crippen molar-refractivity contribution in [2.24, 2.45) is 0 Å². The molecule has 1 spiro atoms. The summed E-state index contributed by atoms with van der Waals surface area (Å²) < 4.78 is 8.34. The number of carbonyl (C=O) groups excluding carboxylic acids is 1. The normalized spacial score (nSPS) is 17.7. The van der Waals surface area contributed by atoms with Crippen molar-refractivity contribution in [1.29, 1.82) is 0 Å². The predicted molar refractivity (Wildman–Crippen MR) is 114 cm³/mol. The number of nitrogens with zero attached hydrogens (tertiary/aromatic N) is 4. The number of imidazole rings is 1. The summed E-state index contributed by atoms with van der Waals surface area (Å²) in [5, 5.41) is 0. The number of hydrogen-bond donors (Lipinski definition) is 0. The van der Waals surface area contributed by atoms with Gasteiger partial charge in [-0.05, 0) is 44.4 Å². The number of piperidine rings is 1. The second kappa shape index (κ2) is 7.36. The minimum Gasteiger partial charge on any atom is -0.371 e. The minimum absolute atomic E-state index is 0.00916. The zero-order valence-electron chi connectivity index (χ0n) is 17.5. The van der Waals surface area contributed by atoms with Crippen LogP contribution in [-0.4, -0.2) is 45.0 Å². The van der Waals surface area contributed by atoms with Crippen molar-refractivity contribution >= 4 is 5.91 Å². The Morgan fingerprint density at radius 3 is 2.57 bits per heavy atom. The lowest BCUT2D eigenvalue weighted by Crippen LogP contribution is -2.52. The molecule has 3 aromatic rings. The topological polar surface area (TPSA) is 60.2 Å². The number of carbonyl (C=O) groups is 1. The molecule has 1 amide bonds. The van der Waals surface area contributed by atoms with Gasteiger partial charge in [0.25, 0.3) is 5.91 Å². The van der Waals surface area contributed by atoms with E-state index in [0.29, 0.717) is 32.0 Å². The zero-order chi connectivity index (χ0) is 20.7. The highest BCUT2D eigenvalue weighted by Gasteiger charge is 2.43. The Kier molecular flexibility index (Phi) is 4.66. The molecule has 6 nitrogen and oxygen atoms in total. The number of benzene rings is 1. The molecule has 0 N–H and O–H groups in total. The molecule has 0 atom stereocenters. The first-order chi connectivity index (χ1) is 14.6. The van der Waals surface area contributed by atoms with Crippen LogP contribution in [0.3, 0.4) is 0 Å². The first-order valence-corrected chi connectivity index (χ1v) is 10.5. The molecular formula is C24H26N4O2. The van der Waals surface area contributed by atoms with Crippen molar-refractivity contribution in [2.75, 3.05) is 19.7 Å². The number of ether oxygens (including phenoxy) is 1. The van der Waals surface area contributed by atoms with Gasteiger partial charge in [0, 0.05) is 18.8 Å². The lowest BCUT2D eigenvalue weighted by atomic mass is 9.86. The van der Waals surface area contributed by atoms with Gasteiger partial charge in [-0.15, -0.1) is 0 Å². The van der Waals surface area contributed by atoms with Crippen LogP contribution in [-0.2, 0) is 16.9 Å². The average Bonchev–Trinajstić information content (AvgIpc) is 3.20. The van der Waals surface area contributed by atoms with Crippen molar-refractivity contribution in [3.63, 3.8) is 0 Å². The molecule has 2 aliphatic rings. The molecule has 2 aromatic heterocycles. The Morgan fingerprint density at radius 2 is 1.83 bits per heavy atom. The van der Waals surface area contributed by atoms with E-state index in [2.05, 4.69) is 45.7 Å². The molecule has 0 saturated carbocycles. The van der Waals surface area contributed by atoms with Crippen LogP contribution in [0.5, 0.6) is 0 Å². The number of aromatic nitrogens is 3. The Hall–Kier alpha value is -2.99. The number of amides is 1. The minimum atomic E-state index is -0.166. The van der Waals surface area contributed by atoms with Crippen molar-refractivity contribution in [2.45, 2.75) is 38.8 Å². The maximum Gasteiger partial charge on any atom is 0.272 e. The monoisotopic (exact) mass is 402 g/mol. The van der Waals surface area contributed by atoms with E-state index in [-0.39, 0.29) is 11.4 Å². The van der Waals surface area contributed by atoms with E-state index in [4.69, 9.17) is 4.74 Å². The van der Waals surface area contributed by atoms with E-state index in [1.54, 1.807) is 6.07 Å². The van der Waals surface area contributed by atoms with Gasteiger partial charge in [-0.25, -0.2) is 9.97 Å². The molecule has 5 rings (SSSR count). The van der Waals surface area contributed by atoms with Crippen LogP contribution in [0.4, 0.5) is 0 Å². The van der Waals surface area contributed by atoms with Crippen LogP contribution in [0.2, 0.25) is 0 Å². The number of hydrogen-bond acceptors (Lipinski definition) is 4. The second-order valence-electron chi connectivity index (χ2n) is 8.43. The Labute approximate surface area is 176 Å². The van der Waals surface area contributed by atoms with Crippen molar-refractivity contribution < 1.29 is 9.53 Å². The third-order valence-corrected chi connectivity index (χ3v) is 6.35. The van der Waals surface area contributed by atoms with E-state index in [0.717, 1.165) is 30.1 Å². The molecule has 0 unspecified atom stereocenters. The number of rotatable bonds is 2. The van der Waals surface area contributed by atoms with Crippen LogP contribution in [0.15, 0.2) is 48.7 Å². The highest BCUT2D eigenvalue weighted by molar-refractivity contribution is 5.92. The highest BCUT2D eigenvalue weighted by Crippen LogP contribution is 2.39. The van der Waals surface area contributed by atoms with Crippen molar-refractivity contribution in [3.05, 3.63) is 71.4 Å². The molecule has 6 heteroatoms. The fraction of sp³-hybridized carbons (Fsp3) is 0.375. The Bertz CT molecular complexity index is 1080. The first-order valence-electron chi connectivity index (χ1n) is 10.5. The van der Waals surface area contributed by atoms with Crippen LogP contribution in [0.25, 0.3) is 11.3 Å². The fourth-order valence-corrected chi connectivity index (χ4v) is 4.66. The fourth-order valence-electron chi connectivity index (χ4n) is 4.66. The largest absolute Gasteiger partial charge is 0.371 e. The second-order valence-corrected chi connectivity index (χ2v) is 8.43. The SMILES string of the molecule is Cc1ccc(-c2cnc3n2C2(CCN(C(=O)c4cccc(C)n4)CC2)COC3)cc1. The number of pyridine rings is 1. The van der Waals surface area contributed by atoms with Gasteiger partial charge in [0.1, 0.15) is 18.1 Å². The van der Waals surface area contributed by atoms with Gasteiger partial charge in [-0.3, -0.25) is 4.79 Å². The summed E-state index contributed by atoms with van der Waals surface area (Å²) in [5.41, 5.74) is 4.76. The van der Waals surface area contributed by atoms with E-state index in [9.17, 15) is 4.79 Å². The average molecular weight is 402 g/mol. The van der Waals surface area contributed by atoms with Crippen LogP contribution < -0.4 is 0 Å². The lowest BCUT2D eigenvalue weighted by molar-refractivity contribution is -0.0276. The van der Waals surface area contributed by atoms with Gasteiger partial charge in [-0.2, -0.15) is 0 Å². The molecule has 1 saturated heterocycles. The molecule has 0 aliphatic carbocycles. The van der Waals surface area contributed by atoms with E-state index >= 15 is 0 Å². The molecule has 154 valence electrons. The molecule has 1 aromatic carbocycles. The maximum atomic E-state index is 13.0. The van der Waals surface area contributed by atoms with Crippen molar-refractivity contribution in [3.8, 4) is 11.3 Å². The molecular weight excluding hydrogens is 376 g/mol. The molecule has 1 fully saturated rings. The molecule has 30 heavy (non-hydrogen) atoms. The van der Waals surface area contributed by atoms with Gasteiger partial charge in [-0.1, -0.05) is 35.9 Å². The summed E-state index contributed by atoms with van der Waals surface area (Å²) in [5.74, 6) is 0.979. The van der Waals surface area contributed by atoms with Gasteiger partial charge in [0.15, 0.2) is 0 Å². The zero-order valence-corrected chi connectivity index (χ0v) is 17.5. The molecule has 0 radical (unpaired) electrons. The summed E-state index contributed by atoms with van der Waals surface area (Å²) in [6.07, 6.45) is 3.64.